The second-order valence-electron chi connectivity index (χ2n) is 6.37. The maximum absolute atomic E-state index is 13.2. The van der Waals surface area contributed by atoms with Crippen LogP contribution in [0.5, 0.6) is 0 Å². The third kappa shape index (κ3) is 2.51. The predicted octanol–water partition coefficient (Wildman–Crippen LogP) is 3.27. The van der Waals surface area contributed by atoms with Gasteiger partial charge >= 0.3 is 0 Å². The Balaban J connectivity index is 1.83. The summed E-state index contributed by atoms with van der Waals surface area (Å²) in [6.45, 7) is 0. The lowest BCUT2D eigenvalue weighted by Crippen LogP contribution is -2.23. The van der Waals surface area contributed by atoms with E-state index >= 15 is 0 Å². The van der Waals surface area contributed by atoms with Crippen LogP contribution in [0, 0.1) is 0 Å². The number of hydrogen-bond acceptors (Lipinski definition) is 4. The van der Waals surface area contributed by atoms with Gasteiger partial charge in [-0.1, -0.05) is 36.4 Å². The maximum Gasteiger partial charge on any atom is 0.267 e. The minimum Gasteiger partial charge on any atom is -0.321 e. The molecule has 4 aromatic rings. The summed E-state index contributed by atoms with van der Waals surface area (Å²) in [7, 11) is 0. The van der Waals surface area contributed by atoms with Crippen LogP contribution in [0.4, 0.5) is 5.69 Å². The van der Waals surface area contributed by atoms with Gasteiger partial charge < -0.3 is 5.32 Å². The van der Waals surface area contributed by atoms with Gasteiger partial charge in [-0.25, -0.2) is 14.5 Å². The summed E-state index contributed by atoms with van der Waals surface area (Å²) in [5.41, 5.74) is 2.32. The molecule has 2 aromatic heterocycles. The number of hydrogen-bond donors (Lipinski definition) is 1. The number of aromatic nitrogens is 3. The normalized spacial score (nSPS) is 14.3. The highest BCUT2D eigenvalue weighted by atomic mass is 16.2. The standard InChI is InChI=1S/C22H14N4O2/c27-21-16(14-7-1-3-9-17(14)25-21)13-20-24-18-10-4-2-8-15(18)22(28)26(20)19-11-5-6-12-23-19/h1-13H,(H,25,27)/b16-13-. The van der Waals surface area contributed by atoms with Crippen molar-refractivity contribution in [2.24, 2.45) is 0 Å². The average Bonchev–Trinajstić information content (AvgIpc) is 3.04. The molecule has 6 heteroatoms. The smallest absolute Gasteiger partial charge is 0.267 e. The van der Waals surface area contributed by atoms with Crippen molar-refractivity contribution in [3.63, 3.8) is 0 Å². The lowest BCUT2D eigenvalue weighted by Gasteiger charge is -2.11. The minimum atomic E-state index is -0.233. The molecule has 28 heavy (non-hydrogen) atoms. The number of anilines is 1. The van der Waals surface area contributed by atoms with Gasteiger partial charge in [0.2, 0.25) is 0 Å². The van der Waals surface area contributed by atoms with Crippen molar-refractivity contribution >= 4 is 34.1 Å². The summed E-state index contributed by atoms with van der Waals surface area (Å²) in [5.74, 6) is 0.574. The van der Waals surface area contributed by atoms with E-state index in [1.54, 1.807) is 48.7 Å². The Kier molecular flexibility index (Phi) is 3.62. The number of pyridine rings is 1. The van der Waals surface area contributed by atoms with Crippen LogP contribution in [-0.2, 0) is 4.79 Å². The third-order valence-electron chi connectivity index (χ3n) is 4.66. The summed E-state index contributed by atoms with van der Waals surface area (Å²) < 4.78 is 1.43. The van der Waals surface area contributed by atoms with Crippen molar-refractivity contribution in [3.8, 4) is 5.82 Å². The molecule has 0 aliphatic carbocycles. The van der Waals surface area contributed by atoms with Crippen molar-refractivity contribution < 1.29 is 4.79 Å². The molecule has 1 amide bonds. The lowest BCUT2D eigenvalue weighted by atomic mass is 10.1. The highest BCUT2D eigenvalue weighted by molar-refractivity contribution is 6.34. The number of carbonyl (C=O) groups excluding carboxylic acids is 1. The van der Waals surface area contributed by atoms with Gasteiger partial charge in [0.1, 0.15) is 11.6 Å². The Morgan fingerprint density at radius 2 is 1.68 bits per heavy atom. The van der Waals surface area contributed by atoms with Gasteiger partial charge in [-0.05, 0) is 36.4 Å². The molecule has 5 rings (SSSR count). The molecule has 0 saturated carbocycles. The Morgan fingerprint density at radius 1 is 0.893 bits per heavy atom. The van der Waals surface area contributed by atoms with Crippen molar-refractivity contribution in [2.75, 3.05) is 5.32 Å². The first-order valence-corrected chi connectivity index (χ1v) is 8.78. The molecule has 0 radical (unpaired) electrons. The van der Waals surface area contributed by atoms with E-state index < -0.39 is 0 Å². The number of nitrogens with zero attached hydrogens (tertiary/aromatic N) is 3. The second-order valence-corrected chi connectivity index (χ2v) is 6.37. The zero-order valence-corrected chi connectivity index (χ0v) is 14.7. The molecule has 0 atom stereocenters. The number of para-hydroxylation sites is 2. The van der Waals surface area contributed by atoms with Gasteiger partial charge in [0.05, 0.1) is 16.5 Å². The fourth-order valence-corrected chi connectivity index (χ4v) is 3.37. The fraction of sp³-hybridized carbons (Fsp3) is 0. The first kappa shape index (κ1) is 16.1. The van der Waals surface area contributed by atoms with Crippen LogP contribution in [0.2, 0.25) is 0 Å². The molecule has 6 nitrogen and oxygen atoms in total. The van der Waals surface area contributed by atoms with Gasteiger partial charge in [-0.15, -0.1) is 0 Å². The van der Waals surface area contributed by atoms with E-state index in [1.165, 1.54) is 4.57 Å². The molecule has 2 aromatic carbocycles. The van der Waals surface area contributed by atoms with Crippen molar-refractivity contribution in [1.29, 1.82) is 0 Å². The Hall–Kier alpha value is -4.06. The second kappa shape index (κ2) is 6.28. The van der Waals surface area contributed by atoms with Crippen LogP contribution in [-0.4, -0.2) is 20.4 Å². The fourth-order valence-electron chi connectivity index (χ4n) is 3.37. The molecular weight excluding hydrogens is 352 g/mol. The topological polar surface area (TPSA) is 76.9 Å². The molecule has 1 N–H and O–H groups in total. The van der Waals surface area contributed by atoms with E-state index in [1.807, 2.05) is 30.3 Å². The van der Waals surface area contributed by atoms with Crippen LogP contribution in [0.15, 0.2) is 77.7 Å². The van der Waals surface area contributed by atoms with Gasteiger partial charge in [0.15, 0.2) is 0 Å². The Labute approximate surface area is 159 Å². The highest BCUT2D eigenvalue weighted by Crippen LogP contribution is 2.32. The van der Waals surface area contributed by atoms with Crippen LogP contribution in [0.1, 0.15) is 11.4 Å². The highest BCUT2D eigenvalue weighted by Gasteiger charge is 2.24. The molecule has 0 spiro atoms. The van der Waals surface area contributed by atoms with E-state index in [0.29, 0.717) is 28.1 Å². The Bertz CT molecular complexity index is 1320. The van der Waals surface area contributed by atoms with Crippen molar-refractivity contribution in [1.82, 2.24) is 14.5 Å². The SMILES string of the molecule is O=C1Nc2ccccc2/C1=C/c1nc2ccccc2c(=O)n1-c1ccccn1. The first-order valence-electron chi connectivity index (χ1n) is 8.78. The molecule has 0 saturated heterocycles. The largest absolute Gasteiger partial charge is 0.321 e. The van der Waals surface area contributed by atoms with Gasteiger partial charge in [0, 0.05) is 17.4 Å². The van der Waals surface area contributed by atoms with Gasteiger partial charge in [0.25, 0.3) is 11.5 Å². The van der Waals surface area contributed by atoms with Crippen LogP contribution < -0.4 is 10.9 Å². The molecule has 3 heterocycles. The number of amides is 1. The lowest BCUT2D eigenvalue weighted by molar-refractivity contribution is -0.110. The summed E-state index contributed by atoms with van der Waals surface area (Å²) in [5, 5.41) is 3.33. The van der Waals surface area contributed by atoms with Crippen LogP contribution >= 0.6 is 0 Å². The molecule has 0 unspecified atom stereocenters. The predicted molar refractivity (Wildman–Crippen MR) is 108 cm³/mol. The van der Waals surface area contributed by atoms with Crippen LogP contribution in [0.25, 0.3) is 28.4 Å². The first-order chi connectivity index (χ1) is 13.7. The number of nitrogens with one attached hydrogen (secondary N) is 1. The van der Waals surface area contributed by atoms with E-state index in [2.05, 4.69) is 15.3 Å². The summed E-state index contributed by atoms with van der Waals surface area (Å²) >= 11 is 0. The summed E-state index contributed by atoms with van der Waals surface area (Å²) in [4.78, 5) is 34.7. The van der Waals surface area contributed by atoms with Crippen molar-refractivity contribution in [2.45, 2.75) is 0 Å². The molecule has 1 aliphatic heterocycles. The number of fused-ring (bicyclic) bond motifs is 2. The number of benzene rings is 2. The number of carbonyl (C=O) groups is 1. The molecule has 0 bridgehead atoms. The average molecular weight is 366 g/mol. The van der Waals surface area contributed by atoms with Crippen molar-refractivity contribution in [3.05, 3.63) is 94.7 Å². The monoisotopic (exact) mass is 366 g/mol. The third-order valence-corrected chi connectivity index (χ3v) is 4.66. The van der Waals surface area contributed by atoms with E-state index in [0.717, 1.165) is 11.3 Å². The van der Waals surface area contributed by atoms with E-state index in [9.17, 15) is 9.59 Å². The van der Waals surface area contributed by atoms with E-state index in [-0.39, 0.29) is 11.5 Å². The molecule has 1 aliphatic rings. The van der Waals surface area contributed by atoms with Gasteiger partial charge in [-0.3, -0.25) is 9.59 Å². The van der Waals surface area contributed by atoms with Gasteiger partial charge in [-0.2, -0.15) is 0 Å². The molecule has 0 fully saturated rings. The molecular formula is C22H14N4O2. The van der Waals surface area contributed by atoms with E-state index in [4.69, 9.17) is 0 Å². The Morgan fingerprint density at radius 3 is 2.54 bits per heavy atom. The zero-order valence-electron chi connectivity index (χ0n) is 14.7. The number of rotatable bonds is 2. The maximum atomic E-state index is 13.2. The summed E-state index contributed by atoms with van der Waals surface area (Å²) in [6.07, 6.45) is 3.26. The zero-order chi connectivity index (χ0) is 19.1. The summed E-state index contributed by atoms with van der Waals surface area (Å²) in [6, 6.07) is 19.9. The van der Waals surface area contributed by atoms with Crippen LogP contribution in [0.3, 0.4) is 0 Å². The quantitative estimate of drug-likeness (QED) is 0.553. The molecule has 134 valence electrons. The minimum absolute atomic E-state index is 0.226.